The number of carbonyl (C=O) groups excluding carboxylic acids is 2. The van der Waals surface area contributed by atoms with Crippen LogP contribution in [0.25, 0.3) is 0 Å². The second-order valence-electron chi connectivity index (χ2n) is 7.46. The van der Waals surface area contributed by atoms with E-state index in [0.717, 1.165) is 45.3 Å². The number of amides is 2. The number of primary amides is 1. The molecule has 0 atom stereocenters. The monoisotopic (exact) mass is 343 g/mol. The Morgan fingerprint density at radius 3 is 2.24 bits per heavy atom. The molecule has 5 heteroatoms. The van der Waals surface area contributed by atoms with Crippen molar-refractivity contribution in [3.05, 3.63) is 35.4 Å². The summed E-state index contributed by atoms with van der Waals surface area (Å²) in [5.74, 6) is 0.136. The van der Waals surface area contributed by atoms with E-state index in [2.05, 4.69) is 10.2 Å². The molecule has 136 valence electrons. The van der Waals surface area contributed by atoms with Gasteiger partial charge in [0.15, 0.2) is 0 Å². The van der Waals surface area contributed by atoms with Gasteiger partial charge in [-0.1, -0.05) is 31.4 Å². The third-order valence-electron chi connectivity index (χ3n) is 5.55. The van der Waals surface area contributed by atoms with E-state index in [0.29, 0.717) is 11.6 Å². The van der Waals surface area contributed by atoms with Crippen LogP contribution in [0.1, 0.15) is 60.9 Å². The molecule has 1 saturated heterocycles. The summed E-state index contributed by atoms with van der Waals surface area (Å²) in [7, 11) is 0. The van der Waals surface area contributed by atoms with Crippen molar-refractivity contribution in [2.24, 2.45) is 11.7 Å². The van der Waals surface area contributed by atoms with Crippen molar-refractivity contribution in [2.45, 2.75) is 57.5 Å². The number of hydrogen-bond donors (Lipinski definition) is 2. The fourth-order valence-electron chi connectivity index (χ4n) is 3.95. The van der Waals surface area contributed by atoms with Gasteiger partial charge in [-0.3, -0.25) is 14.5 Å². The van der Waals surface area contributed by atoms with E-state index in [1.807, 2.05) is 12.1 Å². The first-order chi connectivity index (χ1) is 12.1. The lowest BCUT2D eigenvalue weighted by Gasteiger charge is -2.33. The fraction of sp³-hybridized carbons (Fsp3) is 0.600. The molecular formula is C20H29N3O2. The van der Waals surface area contributed by atoms with Crippen LogP contribution < -0.4 is 11.1 Å². The maximum atomic E-state index is 12.4. The fourth-order valence-corrected chi connectivity index (χ4v) is 3.95. The Hall–Kier alpha value is -1.88. The van der Waals surface area contributed by atoms with Crippen molar-refractivity contribution in [2.75, 3.05) is 13.1 Å². The number of nitrogens with zero attached hydrogens (tertiary/aromatic N) is 1. The van der Waals surface area contributed by atoms with E-state index in [-0.39, 0.29) is 17.7 Å². The van der Waals surface area contributed by atoms with E-state index < -0.39 is 0 Å². The van der Waals surface area contributed by atoms with Crippen molar-refractivity contribution >= 4 is 11.8 Å². The second-order valence-corrected chi connectivity index (χ2v) is 7.46. The van der Waals surface area contributed by atoms with Gasteiger partial charge in [0.2, 0.25) is 11.8 Å². The zero-order valence-electron chi connectivity index (χ0n) is 14.9. The minimum atomic E-state index is -0.388. The maximum Gasteiger partial charge on any atom is 0.248 e. The van der Waals surface area contributed by atoms with Gasteiger partial charge in [0.1, 0.15) is 0 Å². The highest BCUT2D eigenvalue weighted by molar-refractivity contribution is 5.92. The maximum absolute atomic E-state index is 12.4. The van der Waals surface area contributed by atoms with Crippen molar-refractivity contribution in [3.8, 4) is 0 Å². The highest BCUT2D eigenvalue weighted by Gasteiger charge is 2.25. The van der Waals surface area contributed by atoms with Crippen molar-refractivity contribution in [3.63, 3.8) is 0 Å². The molecule has 1 aliphatic carbocycles. The molecule has 2 amide bonds. The summed E-state index contributed by atoms with van der Waals surface area (Å²) < 4.78 is 0. The predicted octanol–water partition coefficient (Wildman–Crippen LogP) is 2.45. The predicted molar refractivity (Wildman–Crippen MR) is 98.0 cm³/mol. The molecule has 1 heterocycles. The summed E-state index contributed by atoms with van der Waals surface area (Å²) >= 11 is 0. The van der Waals surface area contributed by atoms with Gasteiger partial charge in [-0.05, 0) is 43.4 Å². The lowest BCUT2D eigenvalue weighted by Crippen LogP contribution is -2.46. The number of benzene rings is 1. The van der Waals surface area contributed by atoms with Gasteiger partial charge in [-0.15, -0.1) is 0 Å². The Kier molecular flexibility index (Phi) is 6.08. The molecule has 0 radical (unpaired) electrons. The molecule has 1 aromatic carbocycles. The summed E-state index contributed by atoms with van der Waals surface area (Å²) in [6, 6.07) is 7.83. The minimum Gasteiger partial charge on any atom is -0.366 e. The molecule has 2 fully saturated rings. The first kappa shape index (κ1) is 17.9. The van der Waals surface area contributed by atoms with Gasteiger partial charge < -0.3 is 11.1 Å². The normalized spacial score (nSPS) is 20.3. The summed E-state index contributed by atoms with van der Waals surface area (Å²) in [5.41, 5.74) is 7.01. The van der Waals surface area contributed by atoms with Crippen LogP contribution in [0.4, 0.5) is 0 Å². The molecule has 2 aliphatic rings. The van der Waals surface area contributed by atoms with Crippen LogP contribution in [0.2, 0.25) is 0 Å². The van der Waals surface area contributed by atoms with Crippen LogP contribution in [0.3, 0.4) is 0 Å². The molecule has 0 aromatic heterocycles. The molecule has 25 heavy (non-hydrogen) atoms. The number of piperidine rings is 1. The Morgan fingerprint density at radius 1 is 1.00 bits per heavy atom. The third kappa shape index (κ3) is 5.05. The van der Waals surface area contributed by atoms with E-state index in [9.17, 15) is 9.59 Å². The Labute approximate surface area is 150 Å². The molecule has 0 spiro atoms. The topological polar surface area (TPSA) is 75.4 Å². The highest BCUT2D eigenvalue weighted by atomic mass is 16.2. The van der Waals surface area contributed by atoms with Crippen LogP contribution in [0, 0.1) is 5.92 Å². The summed E-state index contributed by atoms with van der Waals surface area (Å²) in [6.45, 7) is 2.86. The average Bonchev–Trinajstić information content (AvgIpc) is 2.64. The lowest BCUT2D eigenvalue weighted by atomic mass is 9.88. The zero-order chi connectivity index (χ0) is 17.6. The summed E-state index contributed by atoms with van der Waals surface area (Å²) in [5, 5.41) is 3.28. The van der Waals surface area contributed by atoms with Gasteiger partial charge in [0.05, 0.1) is 0 Å². The molecule has 0 bridgehead atoms. The second kappa shape index (κ2) is 8.48. The lowest BCUT2D eigenvalue weighted by molar-refractivity contribution is -0.127. The van der Waals surface area contributed by atoms with E-state index in [1.54, 1.807) is 12.1 Å². The van der Waals surface area contributed by atoms with Crippen molar-refractivity contribution < 1.29 is 9.59 Å². The number of hydrogen-bond acceptors (Lipinski definition) is 3. The molecule has 0 unspecified atom stereocenters. The Bertz CT molecular complexity index is 585. The van der Waals surface area contributed by atoms with Crippen molar-refractivity contribution in [1.82, 2.24) is 10.2 Å². The first-order valence-electron chi connectivity index (χ1n) is 9.53. The number of carbonyl (C=O) groups is 2. The molecule has 1 aliphatic heterocycles. The zero-order valence-corrected chi connectivity index (χ0v) is 14.9. The highest BCUT2D eigenvalue weighted by Crippen LogP contribution is 2.24. The molecule has 5 nitrogen and oxygen atoms in total. The third-order valence-corrected chi connectivity index (χ3v) is 5.55. The largest absolute Gasteiger partial charge is 0.366 e. The van der Waals surface area contributed by atoms with E-state index in [4.69, 9.17) is 5.73 Å². The van der Waals surface area contributed by atoms with Crippen LogP contribution in [0.15, 0.2) is 24.3 Å². The van der Waals surface area contributed by atoms with Crippen LogP contribution in [-0.4, -0.2) is 35.8 Å². The van der Waals surface area contributed by atoms with Crippen LogP contribution >= 0.6 is 0 Å². The molecule has 1 aromatic rings. The van der Waals surface area contributed by atoms with Gasteiger partial charge in [0.25, 0.3) is 0 Å². The van der Waals surface area contributed by atoms with E-state index >= 15 is 0 Å². The SMILES string of the molecule is NC(=O)c1ccc(CN2CCC(NC(=O)C3CCCCC3)CC2)cc1. The number of nitrogens with two attached hydrogens (primary N) is 1. The van der Waals surface area contributed by atoms with Gasteiger partial charge >= 0.3 is 0 Å². The van der Waals surface area contributed by atoms with E-state index in [1.165, 1.54) is 24.8 Å². The van der Waals surface area contributed by atoms with Crippen LogP contribution in [-0.2, 0) is 11.3 Å². The number of likely N-dealkylation sites (tertiary alicyclic amines) is 1. The number of nitrogens with one attached hydrogen (secondary N) is 1. The quantitative estimate of drug-likeness (QED) is 0.862. The Balaban J connectivity index is 1.42. The molecular weight excluding hydrogens is 314 g/mol. The minimum absolute atomic E-state index is 0.246. The number of rotatable bonds is 5. The Morgan fingerprint density at radius 2 is 1.64 bits per heavy atom. The molecule has 3 rings (SSSR count). The summed E-state index contributed by atoms with van der Waals surface area (Å²) in [6.07, 6.45) is 7.83. The smallest absolute Gasteiger partial charge is 0.248 e. The molecule has 1 saturated carbocycles. The van der Waals surface area contributed by atoms with Gasteiger partial charge in [-0.25, -0.2) is 0 Å². The van der Waals surface area contributed by atoms with Gasteiger partial charge in [-0.2, -0.15) is 0 Å². The van der Waals surface area contributed by atoms with Crippen molar-refractivity contribution in [1.29, 1.82) is 0 Å². The van der Waals surface area contributed by atoms with Gasteiger partial charge in [0, 0.05) is 37.2 Å². The molecule has 3 N–H and O–H groups in total. The summed E-state index contributed by atoms with van der Waals surface area (Å²) in [4.78, 5) is 25.9. The first-order valence-corrected chi connectivity index (χ1v) is 9.53. The van der Waals surface area contributed by atoms with Crippen LogP contribution in [0.5, 0.6) is 0 Å². The standard InChI is InChI=1S/C20H29N3O2/c21-19(24)16-8-6-15(7-9-16)14-23-12-10-18(11-13-23)22-20(25)17-4-2-1-3-5-17/h6-9,17-18H,1-5,10-14H2,(H2,21,24)(H,22,25). The average molecular weight is 343 g/mol.